The molecule has 0 aliphatic heterocycles. The molecule has 1 aromatic rings. The number of anilines is 1. The number of hydrogen-bond acceptors (Lipinski definition) is 2. The van der Waals surface area contributed by atoms with Gasteiger partial charge < -0.3 is 10.2 Å². The summed E-state index contributed by atoms with van der Waals surface area (Å²) in [6, 6.07) is 9.74. The van der Waals surface area contributed by atoms with Crippen molar-refractivity contribution in [3.63, 3.8) is 0 Å². The Morgan fingerprint density at radius 3 is 2.31 bits per heavy atom. The van der Waals surface area contributed by atoms with Gasteiger partial charge in [0, 0.05) is 12.2 Å². The molecule has 0 heterocycles. The van der Waals surface area contributed by atoms with Gasteiger partial charge in [-0.2, -0.15) is 0 Å². The molecule has 1 aromatic carbocycles. The number of likely N-dealkylation sites (N-methyl/N-ethyl adjacent to an activating group) is 2. The van der Waals surface area contributed by atoms with Gasteiger partial charge >= 0.3 is 0 Å². The van der Waals surface area contributed by atoms with Gasteiger partial charge in [0.05, 0.1) is 5.54 Å². The van der Waals surface area contributed by atoms with Gasteiger partial charge in [0.2, 0.25) is 5.91 Å². The second kappa shape index (κ2) is 5.12. The van der Waals surface area contributed by atoms with Crippen molar-refractivity contribution in [2.45, 2.75) is 26.3 Å². The van der Waals surface area contributed by atoms with Crippen molar-refractivity contribution in [2.24, 2.45) is 0 Å². The van der Waals surface area contributed by atoms with Gasteiger partial charge in [-0.05, 0) is 40.0 Å². The fourth-order valence-electron chi connectivity index (χ4n) is 1.50. The molecule has 16 heavy (non-hydrogen) atoms. The number of nitrogens with zero attached hydrogens (tertiary/aromatic N) is 1. The van der Waals surface area contributed by atoms with Crippen LogP contribution in [0.15, 0.2) is 30.3 Å². The van der Waals surface area contributed by atoms with E-state index in [0.717, 1.165) is 5.69 Å². The van der Waals surface area contributed by atoms with Crippen LogP contribution < -0.4 is 10.2 Å². The molecule has 3 heteroatoms. The highest BCUT2D eigenvalue weighted by Crippen LogP contribution is 2.17. The van der Waals surface area contributed by atoms with E-state index in [1.165, 1.54) is 0 Å². The number of para-hydroxylation sites is 1. The van der Waals surface area contributed by atoms with Crippen LogP contribution >= 0.6 is 0 Å². The number of hydrogen-bond donors (Lipinski definition) is 1. The predicted molar refractivity (Wildman–Crippen MR) is 67.6 cm³/mol. The van der Waals surface area contributed by atoms with E-state index in [4.69, 9.17) is 0 Å². The predicted octanol–water partition coefficient (Wildman–Crippen LogP) is 2.04. The molecule has 1 rings (SSSR count). The van der Waals surface area contributed by atoms with Crippen LogP contribution in [0.2, 0.25) is 0 Å². The van der Waals surface area contributed by atoms with Crippen LogP contribution in [0.4, 0.5) is 5.69 Å². The van der Waals surface area contributed by atoms with Gasteiger partial charge in [-0.25, -0.2) is 0 Å². The van der Waals surface area contributed by atoms with Gasteiger partial charge in [0.15, 0.2) is 0 Å². The summed E-state index contributed by atoms with van der Waals surface area (Å²) in [7, 11) is 1.80. The number of carbonyl (C=O) groups excluding carboxylic acids is 1. The fraction of sp³-hybridized carbons (Fsp3) is 0.462. The molecule has 0 atom stereocenters. The average Bonchev–Trinajstić information content (AvgIpc) is 2.31. The highest BCUT2D eigenvalue weighted by atomic mass is 16.2. The molecular formula is C13H20N2O. The summed E-state index contributed by atoms with van der Waals surface area (Å²) in [4.78, 5) is 14.1. The molecule has 3 nitrogen and oxygen atoms in total. The smallest absolute Gasteiger partial charge is 0.246 e. The molecule has 1 amide bonds. The Hall–Kier alpha value is -1.35. The van der Waals surface area contributed by atoms with E-state index in [9.17, 15) is 4.79 Å². The lowest BCUT2D eigenvalue weighted by Gasteiger charge is -2.31. The number of benzene rings is 1. The van der Waals surface area contributed by atoms with E-state index in [-0.39, 0.29) is 5.91 Å². The third-order valence-electron chi connectivity index (χ3n) is 2.79. The fourth-order valence-corrected chi connectivity index (χ4v) is 1.50. The molecule has 0 saturated carbocycles. The van der Waals surface area contributed by atoms with Gasteiger partial charge in [-0.3, -0.25) is 4.79 Å². The largest absolute Gasteiger partial charge is 0.311 e. The maximum atomic E-state index is 12.3. The molecule has 0 unspecified atom stereocenters. The van der Waals surface area contributed by atoms with Crippen molar-refractivity contribution < 1.29 is 4.79 Å². The molecule has 0 aromatic heterocycles. The quantitative estimate of drug-likeness (QED) is 0.842. The lowest BCUT2D eigenvalue weighted by molar-refractivity contribution is -0.123. The van der Waals surface area contributed by atoms with Crippen molar-refractivity contribution in [3.05, 3.63) is 30.3 Å². The maximum Gasteiger partial charge on any atom is 0.246 e. The minimum Gasteiger partial charge on any atom is -0.311 e. The van der Waals surface area contributed by atoms with Crippen molar-refractivity contribution >= 4 is 11.6 Å². The molecule has 0 aliphatic rings. The zero-order chi connectivity index (χ0) is 12.2. The van der Waals surface area contributed by atoms with Gasteiger partial charge in [-0.1, -0.05) is 18.2 Å². The third kappa shape index (κ3) is 2.61. The summed E-state index contributed by atoms with van der Waals surface area (Å²) in [5, 5.41) is 3.03. The van der Waals surface area contributed by atoms with E-state index in [0.29, 0.717) is 6.54 Å². The van der Waals surface area contributed by atoms with Gasteiger partial charge in [-0.15, -0.1) is 0 Å². The second-order valence-electron chi connectivity index (χ2n) is 4.26. The van der Waals surface area contributed by atoms with E-state index in [2.05, 4.69) is 5.32 Å². The first kappa shape index (κ1) is 12.7. The second-order valence-corrected chi connectivity index (χ2v) is 4.26. The van der Waals surface area contributed by atoms with Gasteiger partial charge in [0.25, 0.3) is 0 Å². The average molecular weight is 220 g/mol. The molecule has 0 spiro atoms. The lowest BCUT2D eigenvalue weighted by atomic mass is 10.0. The standard InChI is InChI=1S/C13H20N2O/c1-5-15(11-9-7-6-8-10-11)12(16)13(2,3)14-4/h6-10,14H,5H2,1-4H3. The van der Waals surface area contributed by atoms with Crippen LogP contribution in [0.3, 0.4) is 0 Å². The number of rotatable bonds is 4. The highest BCUT2D eigenvalue weighted by Gasteiger charge is 2.30. The topological polar surface area (TPSA) is 32.3 Å². The van der Waals surface area contributed by atoms with Crippen LogP contribution in [-0.2, 0) is 4.79 Å². The molecule has 0 bridgehead atoms. The van der Waals surface area contributed by atoms with Crippen molar-refractivity contribution in [1.29, 1.82) is 0 Å². The first-order valence-electron chi connectivity index (χ1n) is 5.59. The molecule has 88 valence electrons. The summed E-state index contributed by atoms with van der Waals surface area (Å²) < 4.78 is 0. The lowest BCUT2D eigenvalue weighted by Crippen LogP contribution is -2.53. The zero-order valence-electron chi connectivity index (χ0n) is 10.4. The van der Waals surface area contributed by atoms with Crippen LogP contribution in [-0.4, -0.2) is 25.0 Å². The maximum absolute atomic E-state index is 12.3. The Balaban J connectivity index is 2.96. The van der Waals surface area contributed by atoms with Crippen molar-refractivity contribution in [3.8, 4) is 0 Å². The van der Waals surface area contributed by atoms with Gasteiger partial charge in [0.1, 0.15) is 0 Å². The van der Waals surface area contributed by atoms with Crippen LogP contribution in [0.25, 0.3) is 0 Å². The number of nitrogens with one attached hydrogen (secondary N) is 1. The Labute approximate surface area is 97.5 Å². The summed E-state index contributed by atoms with van der Waals surface area (Å²) in [6.07, 6.45) is 0. The molecule has 1 N–H and O–H groups in total. The SMILES string of the molecule is CCN(C(=O)C(C)(C)NC)c1ccccc1. The molecule has 0 saturated heterocycles. The minimum atomic E-state index is -0.536. The molecule has 0 fully saturated rings. The Morgan fingerprint density at radius 1 is 1.31 bits per heavy atom. The first-order chi connectivity index (χ1) is 7.53. The molecule has 0 radical (unpaired) electrons. The Bertz CT molecular complexity index is 346. The summed E-state index contributed by atoms with van der Waals surface area (Å²) >= 11 is 0. The summed E-state index contributed by atoms with van der Waals surface area (Å²) in [6.45, 7) is 6.44. The highest BCUT2D eigenvalue weighted by molar-refractivity contribution is 5.99. The Morgan fingerprint density at radius 2 is 1.88 bits per heavy atom. The van der Waals surface area contributed by atoms with E-state index in [1.807, 2.05) is 51.1 Å². The van der Waals surface area contributed by atoms with E-state index in [1.54, 1.807) is 11.9 Å². The number of amides is 1. The monoisotopic (exact) mass is 220 g/mol. The normalized spacial score (nSPS) is 11.2. The zero-order valence-corrected chi connectivity index (χ0v) is 10.4. The Kier molecular flexibility index (Phi) is 4.07. The van der Waals surface area contributed by atoms with E-state index >= 15 is 0 Å². The first-order valence-corrected chi connectivity index (χ1v) is 5.59. The molecular weight excluding hydrogens is 200 g/mol. The van der Waals surface area contributed by atoms with Crippen LogP contribution in [0.1, 0.15) is 20.8 Å². The number of carbonyl (C=O) groups is 1. The van der Waals surface area contributed by atoms with Crippen LogP contribution in [0.5, 0.6) is 0 Å². The van der Waals surface area contributed by atoms with E-state index < -0.39 is 5.54 Å². The minimum absolute atomic E-state index is 0.0868. The molecule has 0 aliphatic carbocycles. The summed E-state index contributed by atoms with van der Waals surface area (Å²) in [5.41, 5.74) is 0.407. The summed E-state index contributed by atoms with van der Waals surface area (Å²) in [5.74, 6) is 0.0868. The van der Waals surface area contributed by atoms with Crippen LogP contribution in [0, 0.1) is 0 Å². The van der Waals surface area contributed by atoms with Crippen molar-refractivity contribution in [1.82, 2.24) is 5.32 Å². The van der Waals surface area contributed by atoms with Crippen molar-refractivity contribution in [2.75, 3.05) is 18.5 Å². The third-order valence-corrected chi connectivity index (χ3v) is 2.79.